The van der Waals surface area contributed by atoms with Crippen LogP contribution in [-0.4, -0.2) is 31.4 Å². The molecular formula is C16H18N4O4. The van der Waals surface area contributed by atoms with Gasteiger partial charge in [-0.1, -0.05) is 12.1 Å². The van der Waals surface area contributed by atoms with Gasteiger partial charge in [-0.3, -0.25) is 14.9 Å². The minimum Gasteiger partial charge on any atom is -0.467 e. The summed E-state index contributed by atoms with van der Waals surface area (Å²) in [6.07, 6.45) is 1.53. The van der Waals surface area contributed by atoms with Crippen LogP contribution in [0.25, 0.3) is 0 Å². The number of benzene rings is 1. The fourth-order valence-electron chi connectivity index (χ4n) is 1.92. The van der Waals surface area contributed by atoms with E-state index in [9.17, 15) is 14.4 Å². The average Bonchev–Trinajstić information content (AvgIpc) is 3.11. The number of imide groups is 1. The molecule has 1 heterocycles. The van der Waals surface area contributed by atoms with Crippen molar-refractivity contribution in [3.63, 3.8) is 0 Å². The minimum atomic E-state index is -0.591. The quantitative estimate of drug-likeness (QED) is 0.633. The van der Waals surface area contributed by atoms with E-state index in [2.05, 4.69) is 21.3 Å². The fourth-order valence-corrected chi connectivity index (χ4v) is 1.92. The number of hydrogen-bond donors (Lipinski definition) is 4. The number of carbonyl (C=O) groups excluding carboxylic acids is 3. The molecule has 4 amide bonds. The maximum Gasteiger partial charge on any atom is 0.321 e. The molecule has 1 aromatic carbocycles. The molecule has 0 aliphatic heterocycles. The zero-order valence-electron chi connectivity index (χ0n) is 13.1. The molecule has 4 N–H and O–H groups in total. The molecule has 0 spiro atoms. The number of rotatable bonds is 6. The molecule has 1 aromatic heterocycles. The van der Waals surface area contributed by atoms with Gasteiger partial charge in [0.2, 0.25) is 5.91 Å². The summed E-state index contributed by atoms with van der Waals surface area (Å²) in [5.74, 6) is -0.180. The van der Waals surface area contributed by atoms with E-state index in [0.29, 0.717) is 17.0 Å². The lowest BCUT2D eigenvalue weighted by Gasteiger charge is -2.11. The van der Waals surface area contributed by atoms with Crippen molar-refractivity contribution in [2.24, 2.45) is 0 Å². The number of amides is 4. The Morgan fingerprint density at radius 1 is 1.08 bits per heavy atom. The Labute approximate surface area is 138 Å². The number of nitrogens with one attached hydrogen (secondary N) is 4. The van der Waals surface area contributed by atoms with E-state index in [1.54, 1.807) is 36.4 Å². The number of para-hydroxylation sites is 1. The van der Waals surface area contributed by atoms with E-state index >= 15 is 0 Å². The highest BCUT2D eigenvalue weighted by Crippen LogP contribution is 2.14. The van der Waals surface area contributed by atoms with Crippen molar-refractivity contribution in [2.45, 2.75) is 6.54 Å². The summed E-state index contributed by atoms with van der Waals surface area (Å²) in [7, 11) is 1.41. The summed E-state index contributed by atoms with van der Waals surface area (Å²) in [5, 5.41) is 9.98. The second-order valence-corrected chi connectivity index (χ2v) is 4.79. The lowest BCUT2D eigenvalue weighted by molar-refractivity contribution is -0.118. The van der Waals surface area contributed by atoms with E-state index < -0.39 is 11.9 Å². The van der Waals surface area contributed by atoms with Crippen LogP contribution in [0.1, 0.15) is 16.1 Å². The Morgan fingerprint density at radius 2 is 1.88 bits per heavy atom. The van der Waals surface area contributed by atoms with Crippen LogP contribution in [0, 0.1) is 0 Å². The fraction of sp³-hybridized carbons (Fsp3) is 0.188. The predicted molar refractivity (Wildman–Crippen MR) is 87.4 cm³/mol. The van der Waals surface area contributed by atoms with Crippen molar-refractivity contribution in [1.82, 2.24) is 16.0 Å². The van der Waals surface area contributed by atoms with Gasteiger partial charge in [-0.2, -0.15) is 0 Å². The SMILES string of the molecule is CNC(=O)NC(=O)CNc1ccccc1C(=O)NCc1ccco1. The van der Waals surface area contributed by atoms with Crippen molar-refractivity contribution < 1.29 is 18.8 Å². The Kier molecular flexibility index (Phi) is 5.95. The third-order valence-corrected chi connectivity index (χ3v) is 3.09. The maximum absolute atomic E-state index is 12.3. The highest BCUT2D eigenvalue weighted by atomic mass is 16.3. The van der Waals surface area contributed by atoms with Gasteiger partial charge >= 0.3 is 6.03 Å². The molecule has 0 radical (unpaired) electrons. The van der Waals surface area contributed by atoms with E-state index in [1.165, 1.54) is 13.3 Å². The van der Waals surface area contributed by atoms with Gasteiger partial charge < -0.3 is 20.4 Å². The van der Waals surface area contributed by atoms with Crippen molar-refractivity contribution in [3.8, 4) is 0 Å². The van der Waals surface area contributed by atoms with Crippen LogP contribution < -0.4 is 21.3 Å². The predicted octanol–water partition coefficient (Wildman–Crippen LogP) is 1.08. The Morgan fingerprint density at radius 3 is 2.58 bits per heavy atom. The molecule has 0 bridgehead atoms. The first-order valence-electron chi connectivity index (χ1n) is 7.25. The van der Waals surface area contributed by atoms with Gasteiger partial charge in [-0.05, 0) is 24.3 Å². The van der Waals surface area contributed by atoms with Crippen LogP contribution in [0.2, 0.25) is 0 Å². The zero-order valence-corrected chi connectivity index (χ0v) is 13.1. The van der Waals surface area contributed by atoms with Gasteiger partial charge in [0.1, 0.15) is 5.76 Å². The molecule has 2 aromatic rings. The molecule has 0 saturated carbocycles. The zero-order chi connectivity index (χ0) is 17.4. The molecule has 2 rings (SSSR count). The standard InChI is InChI=1S/C16H18N4O4/c1-17-16(23)20-14(21)10-18-13-7-3-2-6-12(13)15(22)19-9-11-5-4-8-24-11/h2-8,18H,9-10H2,1H3,(H,19,22)(H2,17,20,21,23). The van der Waals surface area contributed by atoms with Crippen LogP contribution in [0.4, 0.5) is 10.5 Å². The Balaban J connectivity index is 1.95. The molecule has 8 nitrogen and oxygen atoms in total. The molecule has 126 valence electrons. The van der Waals surface area contributed by atoms with Gasteiger partial charge in [0.05, 0.1) is 24.9 Å². The Hall–Kier alpha value is -3.29. The Bertz CT molecular complexity index is 713. The molecule has 0 aliphatic rings. The first kappa shape index (κ1) is 17.1. The number of urea groups is 1. The number of furan rings is 1. The van der Waals surface area contributed by atoms with Crippen LogP contribution in [-0.2, 0) is 11.3 Å². The van der Waals surface area contributed by atoms with Crippen LogP contribution in [0.15, 0.2) is 47.1 Å². The molecule has 0 unspecified atom stereocenters. The van der Waals surface area contributed by atoms with Crippen molar-refractivity contribution in [1.29, 1.82) is 0 Å². The van der Waals surface area contributed by atoms with E-state index in [1.807, 2.05) is 0 Å². The topological polar surface area (TPSA) is 112 Å². The summed E-state index contributed by atoms with van der Waals surface area (Å²) < 4.78 is 5.16. The van der Waals surface area contributed by atoms with E-state index in [4.69, 9.17) is 4.42 Å². The summed E-state index contributed by atoms with van der Waals surface area (Å²) in [5.41, 5.74) is 0.873. The molecule has 0 atom stereocenters. The summed E-state index contributed by atoms with van der Waals surface area (Å²) in [6, 6.07) is 9.67. The third-order valence-electron chi connectivity index (χ3n) is 3.09. The minimum absolute atomic E-state index is 0.143. The normalized spacial score (nSPS) is 9.88. The largest absolute Gasteiger partial charge is 0.467 e. The lowest BCUT2D eigenvalue weighted by atomic mass is 10.1. The van der Waals surface area contributed by atoms with Gasteiger partial charge in [-0.25, -0.2) is 4.79 Å². The molecule has 8 heteroatoms. The highest BCUT2D eigenvalue weighted by molar-refractivity contribution is 6.01. The summed E-state index contributed by atoms with van der Waals surface area (Å²) in [4.78, 5) is 34.9. The maximum atomic E-state index is 12.3. The van der Waals surface area contributed by atoms with Gasteiger partial charge in [0.25, 0.3) is 5.91 Å². The molecular weight excluding hydrogens is 312 g/mol. The van der Waals surface area contributed by atoms with E-state index in [0.717, 1.165) is 0 Å². The molecule has 0 fully saturated rings. The number of hydrogen-bond acceptors (Lipinski definition) is 5. The van der Waals surface area contributed by atoms with Gasteiger partial charge in [-0.15, -0.1) is 0 Å². The average molecular weight is 330 g/mol. The van der Waals surface area contributed by atoms with E-state index in [-0.39, 0.29) is 19.0 Å². The highest BCUT2D eigenvalue weighted by Gasteiger charge is 2.12. The first-order chi connectivity index (χ1) is 11.6. The summed E-state index contributed by atoms with van der Waals surface area (Å²) in [6.45, 7) is 0.118. The monoisotopic (exact) mass is 330 g/mol. The second-order valence-electron chi connectivity index (χ2n) is 4.79. The smallest absolute Gasteiger partial charge is 0.321 e. The molecule has 0 saturated heterocycles. The van der Waals surface area contributed by atoms with Crippen molar-refractivity contribution in [3.05, 3.63) is 54.0 Å². The van der Waals surface area contributed by atoms with Crippen LogP contribution in [0.3, 0.4) is 0 Å². The van der Waals surface area contributed by atoms with Crippen molar-refractivity contribution in [2.75, 3.05) is 18.9 Å². The first-order valence-corrected chi connectivity index (χ1v) is 7.25. The van der Waals surface area contributed by atoms with Crippen LogP contribution in [0.5, 0.6) is 0 Å². The molecule has 0 aliphatic carbocycles. The second kappa shape index (κ2) is 8.37. The van der Waals surface area contributed by atoms with Crippen molar-refractivity contribution >= 4 is 23.5 Å². The van der Waals surface area contributed by atoms with Gasteiger partial charge in [0, 0.05) is 12.7 Å². The summed E-state index contributed by atoms with van der Waals surface area (Å²) >= 11 is 0. The lowest BCUT2D eigenvalue weighted by Crippen LogP contribution is -2.40. The number of carbonyl (C=O) groups is 3. The van der Waals surface area contributed by atoms with Gasteiger partial charge in [0.15, 0.2) is 0 Å². The third kappa shape index (κ3) is 4.87. The number of anilines is 1. The van der Waals surface area contributed by atoms with Crippen LogP contribution >= 0.6 is 0 Å². The molecule has 24 heavy (non-hydrogen) atoms.